The molecule has 0 spiro atoms. The molecule has 0 amide bonds. The molecular formula is C10H9IN4. The molecule has 0 bridgehead atoms. The van der Waals surface area contributed by atoms with Crippen LogP contribution in [0.2, 0.25) is 0 Å². The molecule has 3 aromatic heterocycles. The molecule has 15 heavy (non-hydrogen) atoms. The zero-order chi connectivity index (χ0) is 9.54. The lowest BCUT2D eigenvalue weighted by atomic mass is 10.3. The van der Waals surface area contributed by atoms with Gasteiger partial charge >= 0.3 is 5.65 Å². The van der Waals surface area contributed by atoms with E-state index in [1.807, 2.05) is 40.5 Å². The Morgan fingerprint density at radius 2 is 2.20 bits per heavy atom. The number of halogens is 1. The second-order valence-corrected chi connectivity index (χ2v) is 3.26. The highest BCUT2D eigenvalue weighted by Gasteiger charge is 2.11. The smallest absolute Gasteiger partial charge is 0.315 e. The zero-order valence-corrected chi connectivity index (χ0v) is 10.3. The Bertz CT molecular complexity index is 617. The first-order valence-electron chi connectivity index (χ1n) is 4.42. The monoisotopic (exact) mass is 312 g/mol. The number of fused-ring (bicyclic) bond motifs is 3. The van der Waals surface area contributed by atoms with E-state index in [1.165, 1.54) is 0 Å². The van der Waals surface area contributed by atoms with E-state index in [0.717, 1.165) is 16.7 Å². The van der Waals surface area contributed by atoms with Crippen LogP contribution in [0.4, 0.5) is 0 Å². The second-order valence-electron chi connectivity index (χ2n) is 3.26. The first-order valence-corrected chi connectivity index (χ1v) is 4.42. The number of hydrogen-bond donors (Lipinski definition) is 0. The lowest BCUT2D eigenvalue weighted by Gasteiger charge is -1.94. The van der Waals surface area contributed by atoms with Crippen molar-refractivity contribution in [2.75, 3.05) is 0 Å². The Balaban J connectivity index is 0.000000853. The molecular weight excluding hydrogens is 303 g/mol. The Morgan fingerprint density at radius 3 is 3.07 bits per heavy atom. The number of imidazole rings is 1. The van der Waals surface area contributed by atoms with Crippen molar-refractivity contribution in [1.29, 1.82) is 0 Å². The Kier molecular flexibility index (Phi) is 2.56. The van der Waals surface area contributed by atoms with Gasteiger partial charge in [-0.1, -0.05) is 0 Å². The van der Waals surface area contributed by atoms with Gasteiger partial charge in [-0.2, -0.15) is 4.40 Å². The fraction of sp³-hybridized carbons (Fsp3) is 0.100. The Hall–Kier alpha value is -1.24. The largest absolute Gasteiger partial charge is 1.00 e. The van der Waals surface area contributed by atoms with Gasteiger partial charge in [0.05, 0.1) is 7.05 Å². The maximum atomic E-state index is 4.34. The van der Waals surface area contributed by atoms with Crippen LogP contribution in [0.1, 0.15) is 0 Å². The Morgan fingerprint density at radius 1 is 1.33 bits per heavy atom. The first-order chi connectivity index (χ1) is 6.86. The van der Waals surface area contributed by atoms with Crippen molar-refractivity contribution in [3.8, 4) is 0 Å². The summed E-state index contributed by atoms with van der Waals surface area (Å²) >= 11 is 0. The van der Waals surface area contributed by atoms with Crippen molar-refractivity contribution in [1.82, 2.24) is 14.4 Å². The maximum absolute atomic E-state index is 4.34. The maximum Gasteiger partial charge on any atom is 0.315 e. The summed E-state index contributed by atoms with van der Waals surface area (Å²) in [4.78, 5) is 8.65. The van der Waals surface area contributed by atoms with Gasteiger partial charge in [0.15, 0.2) is 11.8 Å². The van der Waals surface area contributed by atoms with Crippen LogP contribution in [0.25, 0.3) is 16.7 Å². The highest BCUT2D eigenvalue weighted by Crippen LogP contribution is 2.10. The highest BCUT2D eigenvalue weighted by molar-refractivity contribution is 5.84. The van der Waals surface area contributed by atoms with Crippen molar-refractivity contribution in [2.24, 2.45) is 7.05 Å². The molecule has 0 atom stereocenters. The minimum Gasteiger partial charge on any atom is -1.00 e. The summed E-state index contributed by atoms with van der Waals surface area (Å²) in [6.07, 6.45) is 7.55. The molecule has 0 aliphatic carbocycles. The Labute approximate surface area is 104 Å². The first kappa shape index (κ1) is 10.3. The molecule has 5 heteroatoms. The number of nitrogens with zero attached hydrogens (tertiary/aromatic N) is 4. The highest BCUT2D eigenvalue weighted by atomic mass is 127. The van der Waals surface area contributed by atoms with Gasteiger partial charge in [0.2, 0.25) is 0 Å². The van der Waals surface area contributed by atoms with E-state index in [4.69, 9.17) is 0 Å². The third-order valence-electron chi connectivity index (χ3n) is 2.35. The molecule has 76 valence electrons. The summed E-state index contributed by atoms with van der Waals surface area (Å²) in [7, 11) is 2.00. The van der Waals surface area contributed by atoms with Crippen LogP contribution in [-0.2, 0) is 7.05 Å². The van der Waals surface area contributed by atoms with E-state index < -0.39 is 0 Å². The fourth-order valence-electron chi connectivity index (χ4n) is 1.68. The van der Waals surface area contributed by atoms with E-state index >= 15 is 0 Å². The topological polar surface area (TPSA) is 34.1 Å². The van der Waals surface area contributed by atoms with Crippen LogP contribution in [0.3, 0.4) is 0 Å². The third kappa shape index (κ3) is 1.46. The number of aromatic nitrogens is 4. The second kappa shape index (κ2) is 3.73. The van der Waals surface area contributed by atoms with Gasteiger partial charge in [0, 0.05) is 6.20 Å². The molecule has 0 N–H and O–H groups in total. The lowest BCUT2D eigenvalue weighted by molar-refractivity contribution is -0.643. The van der Waals surface area contributed by atoms with Crippen LogP contribution >= 0.6 is 0 Å². The summed E-state index contributed by atoms with van der Waals surface area (Å²) < 4.78 is 4.01. The molecule has 4 nitrogen and oxygen atoms in total. The molecule has 0 aliphatic rings. The molecule has 3 aromatic rings. The van der Waals surface area contributed by atoms with Gasteiger partial charge in [-0.05, 0) is 12.1 Å². The van der Waals surface area contributed by atoms with Crippen LogP contribution in [-0.4, -0.2) is 14.4 Å². The predicted molar refractivity (Wildman–Crippen MR) is 51.7 cm³/mol. The minimum absolute atomic E-state index is 0. The molecule has 0 saturated heterocycles. The van der Waals surface area contributed by atoms with Crippen LogP contribution in [0.5, 0.6) is 0 Å². The zero-order valence-electron chi connectivity index (χ0n) is 8.13. The summed E-state index contributed by atoms with van der Waals surface area (Å²) in [6, 6.07) is 3.87. The predicted octanol–water partition coefficient (Wildman–Crippen LogP) is -2.29. The average Bonchev–Trinajstić information content (AvgIpc) is 2.61. The quantitative estimate of drug-likeness (QED) is 0.346. The van der Waals surface area contributed by atoms with Gasteiger partial charge in [-0.25, -0.2) is 14.5 Å². The molecule has 0 unspecified atom stereocenters. The van der Waals surface area contributed by atoms with Crippen LogP contribution in [0.15, 0.2) is 37.1 Å². The molecule has 3 rings (SSSR count). The van der Waals surface area contributed by atoms with E-state index in [2.05, 4.69) is 9.97 Å². The number of pyridine rings is 1. The van der Waals surface area contributed by atoms with Crippen LogP contribution < -0.4 is 28.5 Å². The molecule has 0 aliphatic heterocycles. The van der Waals surface area contributed by atoms with E-state index in [0.29, 0.717) is 0 Å². The number of aryl methyl sites for hydroxylation is 1. The standard InChI is InChI=1S/C10H9N4.HI/c1-13-5-6-14-7-12-8-3-2-4-11-9(8)10(13)14;/h2-7H,1H3;1H/q+1;/p-1. The normalized spacial score (nSPS) is 10.5. The van der Waals surface area contributed by atoms with E-state index in [-0.39, 0.29) is 24.0 Å². The average molecular weight is 312 g/mol. The lowest BCUT2D eigenvalue weighted by Crippen LogP contribution is -3.00. The van der Waals surface area contributed by atoms with Gasteiger partial charge in [-0.15, -0.1) is 0 Å². The van der Waals surface area contributed by atoms with Crippen molar-refractivity contribution < 1.29 is 28.5 Å². The van der Waals surface area contributed by atoms with Gasteiger partial charge in [0.25, 0.3) is 0 Å². The van der Waals surface area contributed by atoms with Gasteiger partial charge in [-0.3, -0.25) is 0 Å². The third-order valence-corrected chi connectivity index (χ3v) is 2.35. The summed E-state index contributed by atoms with van der Waals surface area (Å²) in [5.74, 6) is 0. The molecule has 3 heterocycles. The summed E-state index contributed by atoms with van der Waals surface area (Å²) in [6.45, 7) is 0. The van der Waals surface area contributed by atoms with Gasteiger partial charge < -0.3 is 24.0 Å². The van der Waals surface area contributed by atoms with Gasteiger partial charge in [0.1, 0.15) is 17.9 Å². The minimum atomic E-state index is 0. The van der Waals surface area contributed by atoms with Crippen molar-refractivity contribution >= 4 is 16.7 Å². The fourth-order valence-corrected chi connectivity index (χ4v) is 1.68. The van der Waals surface area contributed by atoms with Crippen LogP contribution in [0, 0.1) is 0 Å². The summed E-state index contributed by atoms with van der Waals surface area (Å²) in [5, 5.41) is 0. The van der Waals surface area contributed by atoms with E-state index in [9.17, 15) is 0 Å². The molecule has 0 aromatic carbocycles. The molecule has 0 radical (unpaired) electrons. The number of rotatable bonds is 0. The SMILES string of the molecule is C[n+]1ccn2cnc3cccnc3c21.[I-]. The van der Waals surface area contributed by atoms with Crippen molar-refractivity contribution in [3.05, 3.63) is 37.1 Å². The molecule has 0 saturated carbocycles. The van der Waals surface area contributed by atoms with E-state index in [1.54, 1.807) is 12.5 Å². The molecule has 0 fully saturated rings. The van der Waals surface area contributed by atoms with Crippen molar-refractivity contribution in [3.63, 3.8) is 0 Å². The number of hydrogen-bond acceptors (Lipinski definition) is 2. The van der Waals surface area contributed by atoms with Crippen molar-refractivity contribution in [2.45, 2.75) is 0 Å². The summed E-state index contributed by atoms with van der Waals surface area (Å²) in [5.41, 5.74) is 2.92.